The zero-order valence-corrected chi connectivity index (χ0v) is 17.7. The topological polar surface area (TPSA) is 52.5 Å². The lowest BCUT2D eigenvalue weighted by Crippen LogP contribution is -2.33. The SMILES string of the molecule is COc1cccc(C2=NN3[C@H](C2)c2ccccc2O[C@H]3c2cc(OC)ccc2OC)c1. The molecule has 5 rings (SSSR count). The second kappa shape index (κ2) is 7.87. The van der Waals surface area contributed by atoms with Gasteiger partial charge in [0.25, 0.3) is 0 Å². The third-order valence-corrected chi connectivity index (χ3v) is 5.80. The van der Waals surface area contributed by atoms with Gasteiger partial charge in [0, 0.05) is 17.5 Å². The minimum absolute atomic E-state index is 0.0621. The average Bonchev–Trinajstić information content (AvgIpc) is 3.29. The van der Waals surface area contributed by atoms with Crippen LogP contribution < -0.4 is 18.9 Å². The normalized spacial score (nSPS) is 19.1. The van der Waals surface area contributed by atoms with Crippen molar-refractivity contribution in [3.63, 3.8) is 0 Å². The molecule has 0 N–H and O–H groups in total. The smallest absolute Gasteiger partial charge is 0.217 e. The van der Waals surface area contributed by atoms with Gasteiger partial charge in [0.1, 0.15) is 23.0 Å². The Kier molecular flexibility index (Phi) is 4.90. The highest BCUT2D eigenvalue weighted by molar-refractivity contribution is 6.02. The summed E-state index contributed by atoms with van der Waals surface area (Å²) in [7, 11) is 4.99. The molecule has 31 heavy (non-hydrogen) atoms. The van der Waals surface area contributed by atoms with Crippen LogP contribution in [0.4, 0.5) is 0 Å². The van der Waals surface area contributed by atoms with Crippen molar-refractivity contribution >= 4 is 5.71 Å². The van der Waals surface area contributed by atoms with Crippen LogP contribution in [0.3, 0.4) is 0 Å². The Balaban J connectivity index is 1.62. The predicted molar refractivity (Wildman–Crippen MR) is 118 cm³/mol. The van der Waals surface area contributed by atoms with Gasteiger partial charge in [0.2, 0.25) is 6.23 Å². The van der Waals surface area contributed by atoms with E-state index in [1.165, 1.54) is 0 Å². The van der Waals surface area contributed by atoms with E-state index in [4.69, 9.17) is 24.0 Å². The third-order valence-electron chi connectivity index (χ3n) is 5.80. The Labute approximate surface area is 181 Å². The summed E-state index contributed by atoms with van der Waals surface area (Å²) in [6, 6.07) is 21.9. The molecule has 0 fully saturated rings. The second-order valence-corrected chi connectivity index (χ2v) is 7.49. The van der Waals surface area contributed by atoms with Crippen molar-refractivity contribution in [3.8, 4) is 23.0 Å². The molecule has 0 saturated carbocycles. The Bertz CT molecular complexity index is 1140. The summed E-state index contributed by atoms with van der Waals surface area (Å²) in [5.74, 6) is 3.15. The van der Waals surface area contributed by atoms with Gasteiger partial charge in [0.05, 0.1) is 38.6 Å². The van der Waals surface area contributed by atoms with Crippen molar-refractivity contribution in [2.24, 2.45) is 5.10 Å². The van der Waals surface area contributed by atoms with E-state index in [2.05, 4.69) is 12.1 Å². The molecule has 6 nitrogen and oxygen atoms in total. The first-order chi connectivity index (χ1) is 15.2. The predicted octanol–water partition coefficient (Wildman–Crippen LogP) is 4.95. The zero-order chi connectivity index (χ0) is 21.4. The number of hydrogen-bond donors (Lipinski definition) is 0. The first-order valence-corrected chi connectivity index (χ1v) is 10.2. The van der Waals surface area contributed by atoms with E-state index in [1.54, 1.807) is 21.3 Å². The summed E-state index contributed by atoms with van der Waals surface area (Å²) in [5.41, 5.74) is 4.04. The number of nitrogens with zero attached hydrogens (tertiary/aromatic N) is 2. The van der Waals surface area contributed by atoms with E-state index in [1.807, 2.05) is 59.6 Å². The highest BCUT2D eigenvalue weighted by Crippen LogP contribution is 2.49. The van der Waals surface area contributed by atoms with Crippen LogP contribution >= 0.6 is 0 Å². The number of benzene rings is 3. The van der Waals surface area contributed by atoms with Crippen molar-refractivity contribution in [2.75, 3.05) is 21.3 Å². The van der Waals surface area contributed by atoms with Gasteiger partial charge < -0.3 is 18.9 Å². The largest absolute Gasteiger partial charge is 0.497 e. The molecule has 0 spiro atoms. The van der Waals surface area contributed by atoms with Crippen molar-refractivity contribution in [3.05, 3.63) is 83.4 Å². The number of hydrazone groups is 1. The van der Waals surface area contributed by atoms with Crippen LogP contribution in [-0.4, -0.2) is 32.0 Å². The van der Waals surface area contributed by atoms with Crippen molar-refractivity contribution in [2.45, 2.75) is 18.7 Å². The standard InChI is InChI=1S/C25H24N2O4/c1-28-17-8-6-7-16(13-17)21-15-22-19-9-4-5-10-24(19)31-25(27(22)26-21)20-14-18(29-2)11-12-23(20)30-3/h4-14,22,25H,15H2,1-3H3/t22-,25+/m1/s1. The van der Waals surface area contributed by atoms with Crippen molar-refractivity contribution in [1.82, 2.24) is 5.01 Å². The maximum Gasteiger partial charge on any atom is 0.217 e. The first kappa shape index (κ1) is 19.3. The van der Waals surface area contributed by atoms with Gasteiger partial charge in [-0.2, -0.15) is 5.10 Å². The molecular formula is C25H24N2O4. The highest BCUT2D eigenvalue weighted by Gasteiger charge is 2.42. The van der Waals surface area contributed by atoms with E-state index < -0.39 is 6.23 Å². The lowest BCUT2D eigenvalue weighted by molar-refractivity contribution is -0.0204. The maximum atomic E-state index is 6.46. The first-order valence-electron chi connectivity index (χ1n) is 10.2. The summed E-state index contributed by atoms with van der Waals surface area (Å²) < 4.78 is 23.0. The molecule has 2 atom stereocenters. The second-order valence-electron chi connectivity index (χ2n) is 7.49. The van der Waals surface area contributed by atoms with Gasteiger partial charge in [-0.1, -0.05) is 30.3 Å². The van der Waals surface area contributed by atoms with Crippen LogP contribution in [0.2, 0.25) is 0 Å². The molecule has 0 amide bonds. The Morgan fingerprint density at radius 1 is 0.839 bits per heavy atom. The molecule has 158 valence electrons. The number of fused-ring (bicyclic) bond motifs is 3. The molecule has 0 radical (unpaired) electrons. The fraction of sp³-hybridized carbons (Fsp3) is 0.240. The summed E-state index contributed by atoms with van der Waals surface area (Å²) in [4.78, 5) is 0. The quantitative estimate of drug-likeness (QED) is 0.589. The molecule has 0 aromatic heterocycles. The summed E-state index contributed by atoms with van der Waals surface area (Å²) in [6.07, 6.45) is 0.337. The van der Waals surface area contributed by atoms with E-state index in [0.717, 1.165) is 51.8 Å². The van der Waals surface area contributed by atoms with Crippen molar-refractivity contribution < 1.29 is 18.9 Å². The van der Waals surface area contributed by atoms with Gasteiger partial charge in [-0.25, -0.2) is 5.01 Å². The highest BCUT2D eigenvalue weighted by atomic mass is 16.5. The maximum absolute atomic E-state index is 6.46. The van der Waals surface area contributed by atoms with Crippen LogP contribution in [0.15, 0.2) is 71.8 Å². The summed E-state index contributed by atoms with van der Waals surface area (Å²) >= 11 is 0. The minimum Gasteiger partial charge on any atom is -0.497 e. The van der Waals surface area contributed by atoms with Gasteiger partial charge in [-0.05, 0) is 36.4 Å². The molecule has 6 heteroatoms. The van der Waals surface area contributed by atoms with E-state index >= 15 is 0 Å². The van der Waals surface area contributed by atoms with Crippen LogP contribution in [0.1, 0.15) is 35.4 Å². The molecule has 3 aromatic carbocycles. The summed E-state index contributed by atoms with van der Waals surface area (Å²) in [5, 5.41) is 7.05. The molecule has 0 unspecified atom stereocenters. The Hall–Kier alpha value is -3.67. The van der Waals surface area contributed by atoms with E-state index in [-0.39, 0.29) is 6.04 Å². The van der Waals surface area contributed by atoms with Gasteiger partial charge >= 0.3 is 0 Å². The van der Waals surface area contributed by atoms with Crippen LogP contribution in [0, 0.1) is 0 Å². The Morgan fingerprint density at radius 2 is 1.65 bits per heavy atom. The molecule has 2 aliphatic heterocycles. The zero-order valence-electron chi connectivity index (χ0n) is 17.7. The minimum atomic E-state index is -0.437. The number of para-hydroxylation sites is 1. The Morgan fingerprint density at radius 3 is 2.45 bits per heavy atom. The number of methoxy groups -OCH3 is 3. The lowest BCUT2D eigenvalue weighted by Gasteiger charge is -2.38. The monoisotopic (exact) mass is 416 g/mol. The third kappa shape index (κ3) is 3.34. The molecule has 0 bridgehead atoms. The fourth-order valence-electron chi connectivity index (χ4n) is 4.25. The average molecular weight is 416 g/mol. The molecule has 0 aliphatic carbocycles. The van der Waals surface area contributed by atoms with Gasteiger partial charge in [-0.3, -0.25) is 0 Å². The number of hydrogen-bond acceptors (Lipinski definition) is 6. The van der Waals surface area contributed by atoms with Gasteiger partial charge in [-0.15, -0.1) is 0 Å². The molecular weight excluding hydrogens is 392 g/mol. The molecule has 2 heterocycles. The number of ether oxygens (including phenoxy) is 4. The van der Waals surface area contributed by atoms with E-state index in [9.17, 15) is 0 Å². The van der Waals surface area contributed by atoms with Crippen molar-refractivity contribution in [1.29, 1.82) is 0 Å². The van der Waals surface area contributed by atoms with E-state index in [0.29, 0.717) is 0 Å². The molecule has 2 aliphatic rings. The van der Waals surface area contributed by atoms with Crippen LogP contribution in [0.5, 0.6) is 23.0 Å². The van der Waals surface area contributed by atoms with Crippen LogP contribution in [-0.2, 0) is 0 Å². The number of rotatable bonds is 5. The molecule has 0 saturated heterocycles. The summed E-state index contributed by atoms with van der Waals surface area (Å²) in [6.45, 7) is 0. The van der Waals surface area contributed by atoms with Gasteiger partial charge in [0.15, 0.2) is 0 Å². The van der Waals surface area contributed by atoms with Crippen LogP contribution in [0.25, 0.3) is 0 Å². The fourth-order valence-corrected chi connectivity index (χ4v) is 4.25. The lowest BCUT2D eigenvalue weighted by atomic mass is 9.95. The molecule has 3 aromatic rings.